The van der Waals surface area contributed by atoms with Gasteiger partial charge in [-0.3, -0.25) is 9.59 Å². The third kappa shape index (κ3) is 3.16. The highest BCUT2D eigenvalue weighted by Gasteiger charge is 2.38. The molecule has 0 unspecified atom stereocenters. The predicted molar refractivity (Wildman–Crippen MR) is 85.6 cm³/mol. The standard InChI is InChI=1S/C17H21NO5/c1-5-23-11-6-7-12(14(8-11)22-4)16(20)15-13(19)9-18(10(2)3)17(15)21/h6-8,10,20H,5,9H2,1-4H3/b16-15-. The number of amides is 1. The van der Waals surface area contributed by atoms with Crippen molar-refractivity contribution < 1.29 is 24.2 Å². The maximum atomic E-state index is 12.4. The largest absolute Gasteiger partial charge is 0.506 e. The predicted octanol–water partition coefficient (Wildman–Crippen LogP) is 2.18. The van der Waals surface area contributed by atoms with Crippen molar-refractivity contribution in [1.82, 2.24) is 4.90 Å². The summed E-state index contributed by atoms with van der Waals surface area (Å²) in [4.78, 5) is 25.9. The van der Waals surface area contributed by atoms with Crippen LogP contribution in [0.25, 0.3) is 5.76 Å². The van der Waals surface area contributed by atoms with Crippen LogP contribution in [-0.4, -0.2) is 48.0 Å². The fourth-order valence-electron chi connectivity index (χ4n) is 2.48. The van der Waals surface area contributed by atoms with Crippen molar-refractivity contribution in [3.63, 3.8) is 0 Å². The number of carbonyl (C=O) groups is 2. The van der Waals surface area contributed by atoms with Crippen LogP contribution in [0.5, 0.6) is 11.5 Å². The van der Waals surface area contributed by atoms with Crippen molar-refractivity contribution in [2.24, 2.45) is 0 Å². The van der Waals surface area contributed by atoms with E-state index < -0.39 is 11.7 Å². The highest BCUT2D eigenvalue weighted by Crippen LogP contribution is 2.33. The molecule has 1 fully saturated rings. The fourth-order valence-corrected chi connectivity index (χ4v) is 2.48. The number of Topliss-reactive ketones (excluding diaryl/α,β-unsaturated/α-hetero) is 1. The number of ether oxygens (including phenoxy) is 2. The maximum absolute atomic E-state index is 12.4. The molecule has 1 saturated heterocycles. The van der Waals surface area contributed by atoms with Crippen molar-refractivity contribution in [2.75, 3.05) is 20.3 Å². The molecule has 0 saturated carbocycles. The fraction of sp³-hybridized carbons (Fsp3) is 0.412. The lowest BCUT2D eigenvalue weighted by Gasteiger charge is -2.18. The molecule has 1 aliphatic heterocycles. The Hall–Kier alpha value is -2.50. The van der Waals surface area contributed by atoms with Gasteiger partial charge in [0, 0.05) is 12.1 Å². The second kappa shape index (κ2) is 6.73. The van der Waals surface area contributed by atoms with Crippen LogP contribution in [0, 0.1) is 0 Å². The normalized spacial score (nSPS) is 17.0. The van der Waals surface area contributed by atoms with Crippen LogP contribution in [0.2, 0.25) is 0 Å². The van der Waals surface area contributed by atoms with Gasteiger partial charge in [-0.1, -0.05) is 0 Å². The van der Waals surface area contributed by atoms with E-state index in [1.54, 1.807) is 18.2 Å². The molecule has 0 aliphatic carbocycles. The molecule has 0 spiro atoms. The molecule has 1 N–H and O–H groups in total. The van der Waals surface area contributed by atoms with Crippen LogP contribution < -0.4 is 9.47 Å². The first-order valence-corrected chi connectivity index (χ1v) is 7.49. The lowest BCUT2D eigenvalue weighted by molar-refractivity contribution is -0.126. The van der Waals surface area contributed by atoms with Gasteiger partial charge in [-0.2, -0.15) is 0 Å². The topological polar surface area (TPSA) is 76.1 Å². The molecular formula is C17H21NO5. The van der Waals surface area contributed by atoms with Crippen molar-refractivity contribution in [3.8, 4) is 11.5 Å². The quantitative estimate of drug-likeness (QED) is 0.511. The number of rotatable bonds is 5. The number of methoxy groups -OCH3 is 1. The van der Waals surface area contributed by atoms with Gasteiger partial charge in [-0.05, 0) is 32.9 Å². The highest BCUT2D eigenvalue weighted by molar-refractivity contribution is 6.28. The molecule has 1 heterocycles. The van der Waals surface area contributed by atoms with Gasteiger partial charge in [0.25, 0.3) is 5.91 Å². The number of aliphatic hydroxyl groups is 1. The van der Waals surface area contributed by atoms with E-state index in [1.165, 1.54) is 12.0 Å². The number of likely N-dealkylation sites (tertiary alicyclic amines) is 1. The van der Waals surface area contributed by atoms with Gasteiger partial charge in [0.05, 0.1) is 25.8 Å². The van der Waals surface area contributed by atoms with Gasteiger partial charge < -0.3 is 19.5 Å². The number of benzene rings is 1. The third-order valence-corrected chi connectivity index (χ3v) is 3.67. The van der Waals surface area contributed by atoms with Crippen LogP contribution in [0.4, 0.5) is 0 Å². The Morgan fingerprint density at radius 2 is 2.04 bits per heavy atom. The summed E-state index contributed by atoms with van der Waals surface area (Å²) < 4.78 is 10.6. The molecule has 0 aromatic heterocycles. The van der Waals surface area contributed by atoms with Crippen LogP contribution in [0.15, 0.2) is 23.8 Å². The highest BCUT2D eigenvalue weighted by atomic mass is 16.5. The molecule has 0 atom stereocenters. The smallest absolute Gasteiger partial charge is 0.262 e. The zero-order chi connectivity index (χ0) is 17.1. The Morgan fingerprint density at radius 3 is 2.57 bits per heavy atom. The van der Waals surface area contributed by atoms with Crippen LogP contribution in [0.1, 0.15) is 26.3 Å². The molecule has 0 radical (unpaired) electrons. The Kier molecular flexibility index (Phi) is 4.93. The van der Waals surface area contributed by atoms with Gasteiger partial charge in [-0.25, -0.2) is 0 Å². The zero-order valence-corrected chi connectivity index (χ0v) is 13.8. The average Bonchev–Trinajstić information content (AvgIpc) is 2.82. The Labute approximate surface area is 135 Å². The second-order valence-electron chi connectivity index (χ2n) is 5.47. The van der Waals surface area contributed by atoms with E-state index in [-0.39, 0.29) is 23.9 Å². The van der Waals surface area contributed by atoms with E-state index in [0.717, 1.165) is 0 Å². The number of hydrogen-bond acceptors (Lipinski definition) is 5. The summed E-state index contributed by atoms with van der Waals surface area (Å²) >= 11 is 0. The van der Waals surface area contributed by atoms with Crippen LogP contribution >= 0.6 is 0 Å². The second-order valence-corrected chi connectivity index (χ2v) is 5.47. The van der Waals surface area contributed by atoms with Crippen molar-refractivity contribution in [3.05, 3.63) is 29.3 Å². The molecule has 1 aromatic rings. The first-order valence-electron chi connectivity index (χ1n) is 7.49. The lowest BCUT2D eigenvalue weighted by Crippen LogP contribution is -2.32. The number of hydrogen-bond donors (Lipinski definition) is 1. The molecule has 0 bridgehead atoms. The summed E-state index contributed by atoms with van der Waals surface area (Å²) in [6, 6.07) is 4.73. The number of ketones is 1. The SMILES string of the molecule is CCOc1ccc(/C(O)=C2\C(=O)CN(C(C)C)C2=O)c(OC)c1. The molecule has 2 rings (SSSR count). The first-order chi connectivity index (χ1) is 10.9. The molecule has 6 heteroatoms. The summed E-state index contributed by atoms with van der Waals surface area (Å²) in [7, 11) is 1.45. The number of aliphatic hydroxyl groups excluding tert-OH is 1. The summed E-state index contributed by atoms with van der Waals surface area (Å²) in [5.41, 5.74) is 0.0967. The summed E-state index contributed by atoms with van der Waals surface area (Å²) in [6.07, 6.45) is 0. The molecule has 1 aromatic carbocycles. The minimum absolute atomic E-state index is 0.0186. The minimum atomic E-state index is -0.460. The Balaban J connectivity index is 2.48. The van der Waals surface area contributed by atoms with Crippen molar-refractivity contribution >= 4 is 17.4 Å². The van der Waals surface area contributed by atoms with Gasteiger partial charge in [-0.15, -0.1) is 0 Å². The molecule has 1 aliphatic rings. The monoisotopic (exact) mass is 319 g/mol. The van der Waals surface area contributed by atoms with Crippen LogP contribution in [-0.2, 0) is 9.59 Å². The van der Waals surface area contributed by atoms with E-state index in [2.05, 4.69) is 0 Å². The van der Waals surface area contributed by atoms with Crippen molar-refractivity contribution in [2.45, 2.75) is 26.8 Å². The van der Waals surface area contributed by atoms with Crippen molar-refractivity contribution in [1.29, 1.82) is 0 Å². The van der Waals surface area contributed by atoms with E-state index in [1.807, 2.05) is 20.8 Å². The van der Waals surface area contributed by atoms with Gasteiger partial charge in [0.1, 0.15) is 22.8 Å². The molecule has 6 nitrogen and oxygen atoms in total. The van der Waals surface area contributed by atoms with Crippen LogP contribution in [0.3, 0.4) is 0 Å². The average molecular weight is 319 g/mol. The Bertz CT molecular complexity index is 663. The summed E-state index contributed by atoms with van der Waals surface area (Å²) in [6.45, 7) is 5.98. The van der Waals surface area contributed by atoms with Gasteiger partial charge in [0.2, 0.25) is 0 Å². The third-order valence-electron chi connectivity index (χ3n) is 3.67. The van der Waals surface area contributed by atoms with E-state index in [4.69, 9.17) is 9.47 Å². The van der Waals surface area contributed by atoms with Gasteiger partial charge >= 0.3 is 0 Å². The zero-order valence-electron chi connectivity index (χ0n) is 13.8. The number of nitrogens with zero attached hydrogens (tertiary/aromatic N) is 1. The lowest BCUT2D eigenvalue weighted by atomic mass is 10.1. The Morgan fingerprint density at radius 1 is 1.35 bits per heavy atom. The molecular weight excluding hydrogens is 298 g/mol. The number of carbonyl (C=O) groups excluding carboxylic acids is 2. The minimum Gasteiger partial charge on any atom is -0.506 e. The molecule has 23 heavy (non-hydrogen) atoms. The maximum Gasteiger partial charge on any atom is 0.262 e. The van der Waals surface area contributed by atoms with Gasteiger partial charge in [0.15, 0.2) is 5.78 Å². The summed E-state index contributed by atoms with van der Waals surface area (Å²) in [5.74, 6) is -0.290. The van der Waals surface area contributed by atoms with E-state index in [0.29, 0.717) is 23.7 Å². The summed E-state index contributed by atoms with van der Waals surface area (Å²) in [5, 5.41) is 10.5. The van der Waals surface area contributed by atoms with E-state index in [9.17, 15) is 14.7 Å². The molecule has 1 amide bonds. The van der Waals surface area contributed by atoms with E-state index >= 15 is 0 Å². The molecule has 124 valence electrons. The first kappa shape index (κ1) is 16.9.